The summed E-state index contributed by atoms with van der Waals surface area (Å²) in [5.41, 5.74) is -0.725. The molecule has 1 aliphatic carbocycles. The molecule has 2 saturated heterocycles. The molecule has 3 N–H and O–H groups in total. The van der Waals surface area contributed by atoms with Gasteiger partial charge in [-0.25, -0.2) is 21.6 Å². The van der Waals surface area contributed by atoms with Gasteiger partial charge < -0.3 is 20.4 Å². The first kappa shape index (κ1) is 49.6. The number of nitrogens with zero attached hydrogens (tertiary/aromatic N) is 3. The number of alkyl halides is 3. The monoisotopic (exact) mass is 944 g/mol. The Hall–Kier alpha value is -3.87. The van der Waals surface area contributed by atoms with E-state index in [2.05, 4.69) is 52.7 Å². The van der Waals surface area contributed by atoms with Crippen molar-refractivity contribution in [2.45, 2.75) is 92.0 Å². The van der Waals surface area contributed by atoms with Gasteiger partial charge in [-0.05, 0) is 104 Å². The second-order valence-corrected chi connectivity index (χ2v) is 22.5. The Morgan fingerprint density at radius 2 is 1.61 bits per heavy atom. The molecular weight excluding hydrogens is 882 g/mol. The molecule has 11 nitrogen and oxygen atoms in total. The van der Waals surface area contributed by atoms with Crippen LogP contribution in [-0.4, -0.2) is 115 Å². The Morgan fingerprint density at radius 1 is 0.922 bits per heavy atom. The molecule has 0 spiro atoms. The second kappa shape index (κ2) is 21.6. The lowest BCUT2D eigenvalue weighted by Crippen LogP contribution is -2.47. The molecule has 0 bridgehead atoms. The van der Waals surface area contributed by atoms with Crippen molar-refractivity contribution in [3.05, 3.63) is 102 Å². The fraction of sp³-hybridized carbons (Fsp3) is 0.511. The topological polar surface area (TPSA) is 131 Å². The molecule has 0 saturated carbocycles. The summed E-state index contributed by atoms with van der Waals surface area (Å²) < 4.78 is 97.7. The van der Waals surface area contributed by atoms with Gasteiger partial charge in [0.1, 0.15) is 4.90 Å². The van der Waals surface area contributed by atoms with Crippen LogP contribution in [0.3, 0.4) is 0 Å². The summed E-state index contributed by atoms with van der Waals surface area (Å²) in [5, 5.41) is 6.30. The molecule has 17 heteroatoms. The van der Waals surface area contributed by atoms with Crippen LogP contribution < -0.4 is 20.3 Å². The highest BCUT2D eigenvalue weighted by molar-refractivity contribution is 7.99. The van der Waals surface area contributed by atoms with Gasteiger partial charge in [-0.3, -0.25) is 9.69 Å². The highest BCUT2D eigenvalue weighted by Crippen LogP contribution is 2.42. The average Bonchev–Trinajstić information content (AvgIpc) is 3.27. The summed E-state index contributed by atoms with van der Waals surface area (Å²) in [7, 11) is -10.9. The van der Waals surface area contributed by atoms with Gasteiger partial charge in [0.15, 0.2) is 0 Å². The smallest absolute Gasteiger partial charge is 0.380 e. The van der Waals surface area contributed by atoms with Gasteiger partial charge in [0.25, 0.3) is 25.8 Å². The van der Waals surface area contributed by atoms with E-state index in [-0.39, 0.29) is 16.7 Å². The summed E-state index contributed by atoms with van der Waals surface area (Å²) in [4.78, 5) is 19.1. The van der Waals surface area contributed by atoms with E-state index in [0.717, 1.165) is 120 Å². The third kappa shape index (κ3) is 13.1. The first-order chi connectivity index (χ1) is 30.3. The van der Waals surface area contributed by atoms with Crippen LogP contribution in [0.5, 0.6) is 0 Å². The number of carbonyl (C=O) groups is 1. The zero-order chi connectivity index (χ0) is 46.1. The van der Waals surface area contributed by atoms with Gasteiger partial charge in [0.2, 0.25) is 0 Å². The Kier molecular flexibility index (Phi) is 16.7. The van der Waals surface area contributed by atoms with Crippen LogP contribution in [0.2, 0.25) is 0 Å². The molecule has 350 valence electrons. The van der Waals surface area contributed by atoms with E-state index in [1.54, 1.807) is 12.1 Å². The predicted octanol–water partition coefficient (Wildman–Crippen LogP) is 8.34. The van der Waals surface area contributed by atoms with Gasteiger partial charge in [-0.15, -0.1) is 11.8 Å². The van der Waals surface area contributed by atoms with Crippen molar-refractivity contribution in [3.63, 3.8) is 0 Å². The minimum atomic E-state index is -6.04. The number of anilines is 2. The lowest BCUT2D eigenvalue weighted by Gasteiger charge is -2.39. The van der Waals surface area contributed by atoms with Gasteiger partial charge >= 0.3 is 5.51 Å². The molecule has 64 heavy (non-hydrogen) atoms. The number of hydrogen-bond acceptors (Lipinski definition) is 11. The SMILES string of the molecule is C=C(CCCC)C1=C(CN2CCN(c3ccc(C(=O)NS(=O)(=O)c4ccc(NC(CCN5CCNCC5)CSc5ccccc5)c(S(=O)(=O)C(F)(F)F)c4)cc3)CC2)CCC(C)(C)C1. The van der Waals surface area contributed by atoms with E-state index in [4.69, 9.17) is 0 Å². The maximum Gasteiger partial charge on any atom is 0.501 e. The molecule has 3 aromatic carbocycles. The highest BCUT2D eigenvalue weighted by Gasteiger charge is 2.48. The fourth-order valence-electron chi connectivity index (χ4n) is 8.46. The number of piperazine rings is 2. The molecule has 1 atom stereocenters. The van der Waals surface area contributed by atoms with Gasteiger partial charge in [0.05, 0.1) is 10.6 Å². The predicted molar refractivity (Wildman–Crippen MR) is 251 cm³/mol. The zero-order valence-electron chi connectivity index (χ0n) is 37.2. The Bertz CT molecular complexity index is 2330. The number of amides is 1. The number of thioether (sulfide) groups is 1. The van der Waals surface area contributed by atoms with E-state index in [1.807, 2.05) is 35.1 Å². The van der Waals surface area contributed by atoms with Crippen molar-refractivity contribution < 1.29 is 34.8 Å². The molecule has 0 radical (unpaired) electrons. The number of nitrogens with one attached hydrogen (secondary N) is 3. The Morgan fingerprint density at radius 3 is 2.27 bits per heavy atom. The van der Waals surface area contributed by atoms with Gasteiger partial charge in [-0.2, -0.15) is 13.2 Å². The number of sulfone groups is 1. The lowest BCUT2D eigenvalue weighted by atomic mass is 9.72. The van der Waals surface area contributed by atoms with Crippen molar-refractivity contribution in [1.29, 1.82) is 0 Å². The molecule has 0 aromatic heterocycles. The van der Waals surface area contributed by atoms with E-state index in [0.29, 0.717) is 24.8 Å². The molecular formula is C47H63F3N6O5S3. The van der Waals surface area contributed by atoms with E-state index >= 15 is 0 Å². The number of rotatable bonds is 19. The standard InChI is InChI=1S/C47H63F3N6O5S3/c1-5-6-10-35(2)42-32-46(3,4)21-19-37(42)33-55-27-29-56(30-28-55)39-15-13-36(14-16-39)45(57)53-64(60,61)41-17-18-43(44(31-41)63(58,59)47(48,49)50)52-38(20-24-54-25-22-51-23-26-54)34-62-40-11-8-7-9-12-40/h7-9,11-18,31,38,51-52H,2,5-6,10,19-30,32-34H2,1,3-4H3,(H,53,57). The van der Waals surface area contributed by atoms with Crippen LogP contribution in [0.15, 0.2) is 111 Å². The van der Waals surface area contributed by atoms with Crippen LogP contribution in [-0.2, 0) is 19.9 Å². The molecule has 3 aromatic rings. The van der Waals surface area contributed by atoms with Crippen molar-refractivity contribution >= 4 is 48.9 Å². The maximum atomic E-state index is 14.2. The van der Waals surface area contributed by atoms with Crippen LogP contribution in [0.1, 0.15) is 76.1 Å². The fourth-order valence-corrected chi connectivity index (χ4v) is 11.5. The largest absolute Gasteiger partial charge is 0.501 e. The number of sulfonamides is 1. The number of carbonyl (C=O) groups excluding carboxylic acids is 1. The Labute approximate surface area is 382 Å². The maximum absolute atomic E-state index is 14.2. The van der Waals surface area contributed by atoms with Crippen molar-refractivity contribution in [2.75, 3.05) is 81.4 Å². The third-order valence-corrected chi connectivity index (χ3v) is 16.4. The second-order valence-electron chi connectivity index (χ2n) is 17.8. The van der Waals surface area contributed by atoms with Crippen LogP contribution in [0.25, 0.3) is 0 Å². The summed E-state index contributed by atoms with van der Waals surface area (Å²) in [6.45, 7) is 19.3. The number of halogens is 3. The molecule has 3 aliphatic rings. The van der Waals surface area contributed by atoms with E-state index in [1.165, 1.54) is 40.6 Å². The summed E-state index contributed by atoms with van der Waals surface area (Å²) in [6.07, 6.45) is 7.09. The third-order valence-electron chi connectivity index (χ3n) is 12.4. The van der Waals surface area contributed by atoms with Crippen LogP contribution in [0.4, 0.5) is 24.5 Å². The number of benzene rings is 3. The van der Waals surface area contributed by atoms with Crippen LogP contribution >= 0.6 is 11.8 Å². The molecule has 2 aliphatic heterocycles. The van der Waals surface area contributed by atoms with Gasteiger partial charge in [0, 0.05) is 93.4 Å². The zero-order valence-corrected chi connectivity index (χ0v) is 39.6. The molecule has 2 heterocycles. The minimum absolute atomic E-state index is 0.0126. The number of unbranched alkanes of at least 4 members (excludes halogenated alkanes) is 1. The average molecular weight is 945 g/mol. The van der Waals surface area contributed by atoms with Crippen molar-refractivity contribution in [3.8, 4) is 0 Å². The van der Waals surface area contributed by atoms with Crippen molar-refractivity contribution in [1.82, 2.24) is 19.8 Å². The van der Waals surface area contributed by atoms with Crippen LogP contribution in [0, 0.1) is 5.41 Å². The van der Waals surface area contributed by atoms with E-state index < -0.39 is 47.1 Å². The molecule has 6 rings (SSSR count). The first-order valence-electron chi connectivity index (χ1n) is 22.2. The molecule has 2 fully saturated rings. The molecule has 1 unspecified atom stereocenters. The van der Waals surface area contributed by atoms with Crippen molar-refractivity contribution in [2.24, 2.45) is 5.41 Å². The lowest BCUT2D eigenvalue weighted by molar-refractivity contribution is -0.0435. The van der Waals surface area contributed by atoms with E-state index in [9.17, 15) is 34.8 Å². The Balaban J connectivity index is 1.12. The summed E-state index contributed by atoms with van der Waals surface area (Å²) >= 11 is 1.47. The highest BCUT2D eigenvalue weighted by atomic mass is 32.2. The number of allylic oxidation sites excluding steroid dienone is 2. The molecule has 1 amide bonds. The van der Waals surface area contributed by atoms with Gasteiger partial charge in [-0.1, -0.05) is 63.1 Å². The first-order valence-corrected chi connectivity index (χ1v) is 26.2. The quantitative estimate of drug-likeness (QED) is 0.100. The summed E-state index contributed by atoms with van der Waals surface area (Å²) in [6, 6.07) is 17.9. The minimum Gasteiger partial charge on any atom is -0.380 e. The summed E-state index contributed by atoms with van der Waals surface area (Å²) in [5.74, 6) is -0.620. The number of hydrogen-bond donors (Lipinski definition) is 3. The normalized spacial score (nSPS) is 18.4.